The Balaban J connectivity index is 2.60. The first kappa shape index (κ1) is 40.8. The van der Waals surface area contributed by atoms with Gasteiger partial charge in [0.1, 0.15) is 22.8 Å². The summed E-state index contributed by atoms with van der Waals surface area (Å²) in [5, 5.41) is 11.1. The number of aliphatic imine (C=N–C) groups is 1. The van der Waals surface area contributed by atoms with Crippen molar-refractivity contribution in [3.05, 3.63) is 75.3 Å². The third-order valence-corrected chi connectivity index (χ3v) is 6.27. The number of likely N-dealkylation sites (N-methyl/N-ethyl adjacent to an activating group) is 1. The van der Waals surface area contributed by atoms with Crippen molar-refractivity contribution in [3.63, 3.8) is 0 Å². The second-order valence-corrected chi connectivity index (χ2v) is 14.1. The first-order chi connectivity index (χ1) is 22.9. The van der Waals surface area contributed by atoms with Crippen LogP contribution in [0.25, 0.3) is 0 Å². The molecule has 50 heavy (non-hydrogen) atoms. The van der Waals surface area contributed by atoms with Crippen molar-refractivity contribution in [2.45, 2.75) is 98.5 Å². The zero-order valence-corrected chi connectivity index (χ0v) is 30.4. The summed E-state index contributed by atoms with van der Waals surface area (Å²) in [6, 6.07) is 9.89. The minimum atomic E-state index is -1.18. The van der Waals surface area contributed by atoms with Crippen molar-refractivity contribution in [1.82, 2.24) is 9.80 Å². The van der Waals surface area contributed by atoms with Crippen LogP contribution in [0.3, 0.4) is 0 Å². The van der Waals surface area contributed by atoms with Crippen LogP contribution in [0.1, 0.15) is 90.7 Å². The fourth-order valence-electron chi connectivity index (χ4n) is 4.18. The molecule has 0 N–H and O–H groups in total. The lowest BCUT2D eigenvalue weighted by molar-refractivity contribution is -0.384. The van der Waals surface area contributed by atoms with Crippen LogP contribution in [0.4, 0.5) is 20.1 Å². The lowest BCUT2D eigenvalue weighted by atomic mass is 10.0. The number of hydrogen-bond donors (Lipinski definition) is 0. The van der Waals surface area contributed by atoms with E-state index in [9.17, 15) is 34.1 Å². The van der Waals surface area contributed by atoms with Gasteiger partial charge in [-0.2, -0.15) is 9.89 Å². The number of non-ortho nitro benzene ring substituents is 1. The molecular formula is C35H46N4O11. The minimum absolute atomic E-state index is 0.00455. The molecule has 0 fully saturated rings. The first-order valence-electron chi connectivity index (χ1n) is 15.8. The summed E-state index contributed by atoms with van der Waals surface area (Å²) in [4.78, 5) is 82.6. The van der Waals surface area contributed by atoms with Gasteiger partial charge in [-0.15, -0.1) is 0 Å². The normalized spacial score (nSPS) is 12.7. The summed E-state index contributed by atoms with van der Waals surface area (Å²) >= 11 is 0. The van der Waals surface area contributed by atoms with E-state index in [0.29, 0.717) is 10.5 Å². The number of benzene rings is 2. The lowest BCUT2D eigenvalue weighted by Gasteiger charge is -2.29. The molecule has 0 saturated carbocycles. The van der Waals surface area contributed by atoms with Gasteiger partial charge in [-0.3, -0.25) is 14.9 Å². The molecule has 0 aliphatic heterocycles. The molecule has 15 heteroatoms. The highest BCUT2D eigenvalue weighted by molar-refractivity contribution is 6.18. The number of nitro groups is 1. The van der Waals surface area contributed by atoms with E-state index in [-0.39, 0.29) is 29.8 Å². The molecule has 4 amide bonds. The van der Waals surface area contributed by atoms with Crippen molar-refractivity contribution in [1.29, 1.82) is 0 Å². The molecule has 0 spiro atoms. The average Bonchev–Trinajstić information content (AvgIpc) is 2.96. The van der Waals surface area contributed by atoms with E-state index in [2.05, 4.69) is 4.99 Å². The molecule has 0 heterocycles. The lowest BCUT2D eigenvalue weighted by Crippen LogP contribution is -2.47. The molecule has 0 bridgehead atoms. The molecule has 2 aromatic carbocycles. The van der Waals surface area contributed by atoms with Crippen LogP contribution in [0.15, 0.2) is 53.5 Å². The SMILES string of the molecule is CCOC(=O)C(Cc1ccc([N+](=O)[O-])cc1)N(C)C(=O)c1ccc(C(=NC(=O)OC(C)(C)C)N(C(=O)OC(C)(C)C)C(=O)OC(C)(C)C)cc1. The summed E-state index contributed by atoms with van der Waals surface area (Å²) in [5.41, 5.74) is -2.53. The number of rotatable bonds is 8. The van der Waals surface area contributed by atoms with Crippen molar-refractivity contribution in [2.75, 3.05) is 13.7 Å². The Hall–Kier alpha value is -5.34. The van der Waals surface area contributed by atoms with Crippen molar-refractivity contribution in [3.8, 4) is 0 Å². The Morgan fingerprint density at radius 3 is 1.64 bits per heavy atom. The molecule has 0 radical (unpaired) electrons. The predicted molar refractivity (Wildman–Crippen MR) is 183 cm³/mol. The van der Waals surface area contributed by atoms with Gasteiger partial charge in [-0.05, 0) is 86.9 Å². The van der Waals surface area contributed by atoms with Crippen molar-refractivity contribution >= 4 is 41.7 Å². The molecule has 0 aliphatic carbocycles. The van der Waals surface area contributed by atoms with Gasteiger partial charge in [-0.25, -0.2) is 19.2 Å². The highest BCUT2D eigenvalue weighted by Gasteiger charge is 2.37. The van der Waals surface area contributed by atoms with Gasteiger partial charge >= 0.3 is 24.2 Å². The fourth-order valence-corrected chi connectivity index (χ4v) is 4.18. The summed E-state index contributed by atoms with van der Waals surface area (Å²) in [5.74, 6) is -1.77. The van der Waals surface area contributed by atoms with Crippen LogP contribution in [0.2, 0.25) is 0 Å². The third kappa shape index (κ3) is 12.6. The maximum atomic E-state index is 13.7. The molecule has 2 aromatic rings. The number of nitrogens with zero attached hydrogens (tertiary/aromatic N) is 4. The molecule has 1 atom stereocenters. The number of esters is 1. The number of nitro benzene ring substituents is 1. The summed E-state index contributed by atoms with van der Waals surface area (Å²) < 4.78 is 21.5. The van der Waals surface area contributed by atoms with Gasteiger partial charge in [0.25, 0.3) is 11.6 Å². The van der Waals surface area contributed by atoms with Gasteiger partial charge in [0.15, 0.2) is 5.84 Å². The van der Waals surface area contributed by atoms with Crippen LogP contribution in [0, 0.1) is 10.1 Å². The molecule has 1 unspecified atom stereocenters. The Labute approximate surface area is 291 Å². The largest absolute Gasteiger partial charge is 0.464 e. The maximum Gasteiger partial charge on any atom is 0.436 e. The number of carbonyl (C=O) groups excluding carboxylic acids is 5. The molecule has 15 nitrogen and oxygen atoms in total. The maximum absolute atomic E-state index is 13.7. The van der Waals surface area contributed by atoms with E-state index < -0.39 is 63.8 Å². The Kier molecular flexibility index (Phi) is 13.4. The van der Waals surface area contributed by atoms with Crippen LogP contribution in [0.5, 0.6) is 0 Å². The summed E-state index contributed by atoms with van der Waals surface area (Å²) in [7, 11) is 1.41. The van der Waals surface area contributed by atoms with Crippen LogP contribution >= 0.6 is 0 Å². The second kappa shape index (κ2) is 16.4. The van der Waals surface area contributed by atoms with Gasteiger partial charge in [-0.1, -0.05) is 24.3 Å². The van der Waals surface area contributed by atoms with E-state index in [1.807, 2.05) is 0 Å². The fraction of sp³-hybridized carbons (Fsp3) is 0.486. The predicted octanol–water partition coefficient (Wildman–Crippen LogP) is 6.70. The number of hydrogen-bond acceptors (Lipinski definition) is 11. The first-order valence-corrected chi connectivity index (χ1v) is 15.8. The molecular weight excluding hydrogens is 652 g/mol. The van der Waals surface area contributed by atoms with Crippen LogP contribution in [-0.4, -0.2) is 87.2 Å². The number of amidine groups is 1. The minimum Gasteiger partial charge on any atom is -0.464 e. The number of imide groups is 1. The molecule has 0 saturated heterocycles. The number of ether oxygens (including phenoxy) is 4. The van der Waals surface area contributed by atoms with E-state index in [0.717, 1.165) is 0 Å². The van der Waals surface area contributed by atoms with Gasteiger partial charge in [0, 0.05) is 36.7 Å². The molecule has 0 aromatic heterocycles. The van der Waals surface area contributed by atoms with Crippen LogP contribution in [-0.2, 0) is 30.2 Å². The zero-order chi connectivity index (χ0) is 38.2. The zero-order valence-electron chi connectivity index (χ0n) is 30.4. The van der Waals surface area contributed by atoms with E-state index in [1.165, 1.54) is 60.5 Å². The number of carbonyl (C=O) groups is 5. The van der Waals surface area contributed by atoms with Gasteiger partial charge in [0.05, 0.1) is 11.5 Å². The van der Waals surface area contributed by atoms with E-state index >= 15 is 0 Å². The van der Waals surface area contributed by atoms with Gasteiger partial charge in [0.2, 0.25) is 0 Å². The molecule has 0 aliphatic rings. The van der Waals surface area contributed by atoms with Crippen molar-refractivity contribution < 1.29 is 47.8 Å². The quantitative estimate of drug-likeness (QED) is 0.0714. The molecule has 272 valence electrons. The average molecular weight is 699 g/mol. The third-order valence-electron chi connectivity index (χ3n) is 6.27. The standard InChI is InChI=1S/C35H46N4O11/c1-12-47-29(41)26(21-22-13-19-25(20-14-22)39(45)46)37(11)28(40)24-17-15-23(16-18-24)27(36-30(42)48-33(2,3)4)38(31(43)49-34(5,6)7)32(44)50-35(8,9)10/h13-20,26H,12,21H2,1-11H3. The monoisotopic (exact) mass is 698 g/mol. The van der Waals surface area contributed by atoms with Gasteiger partial charge < -0.3 is 23.8 Å². The number of amides is 4. The summed E-state index contributed by atoms with van der Waals surface area (Å²) in [6.45, 7) is 16.0. The Morgan fingerprint density at radius 1 is 0.760 bits per heavy atom. The highest BCUT2D eigenvalue weighted by atomic mass is 16.6. The Bertz CT molecular complexity index is 1570. The van der Waals surface area contributed by atoms with E-state index in [1.54, 1.807) is 69.2 Å². The van der Waals surface area contributed by atoms with Crippen molar-refractivity contribution in [2.24, 2.45) is 4.99 Å². The summed E-state index contributed by atoms with van der Waals surface area (Å²) in [6.07, 6.45) is -3.48. The van der Waals surface area contributed by atoms with E-state index in [4.69, 9.17) is 18.9 Å². The topological polar surface area (TPSA) is 184 Å². The van der Waals surface area contributed by atoms with Crippen LogP contribution < -0.4 is 0 Å². The Morgan fingerprint density at radius 2 is 1.22 bits per heavy atom. The smallest absolute Gasteiger partial charge is 0.436 e. The second-order valence-electron chi connectivity index (χ2n) is 14.1. The highest BCUT2D eigenvalue weighted by Crippen LogP contribution is 2.21. The molecule has 2 rings (SSSR count).